The van der Waals surface area contributed by atoms with Crippen molar-refractivity contribution in [3.05, 3.63) is 35.4 Å². The zero-order valence-electron chi connectivity index (χ0n) is 13.4. The molecule has 1 aromatic carbocycles. The number of rotatable bonds is 6. The second-order valence-electron chi connectivity index (χ2n) is 6.34. The van der Waals surface area contributed by atoms with Gasteiger partial charge in [0.15, 0.2) is 5.11 Å². The summed E-state index contributed by atoms with van der Waals surface area (Å²) in [5.74, 6) is 1.24. The third kappa shape index (κ3) is 6.38. The molecule has 0 saturated heterocycles. The minimum Gasteiger partial charge on any atom is -0.358 e. The minimum absolute atomic E-state index is 0.618. The lowest BCUT2D eigenvalue weighted by Gasteiger charge is -2.29. The second-order valence-corrected chi connectivity index (χ2v) is 6.72. The third-order valence-corrected chi connectivity index (χ3v) is 3.43. The molecule has 0 radical (unpaired) electrons. The molecule has 1 rings (SSSR count). The Hall–Kier alpha value is -1.09. The van der Waals surface area contributed by atoms with Gasteiger partial charge in [-0.25, -0.2) is 0 Å². The summed E-state index contributed by atoms with van der Waals surface area (Å²) >= 11 is 5.55. The molecule has 0 aliphatic rings. The molecule has 0 unspecified atom stereocenters. The van der Waals surface area contributed by atoms with Crippen molar-refractivity contribution in [2.75, 3.05) is 13.1 Å². The van der Waals surface area contributed by atoms with Gasteiger partial charge in [-0.3, -0.25) is 0 Å². The summed E-state index contributed by atoms with van der Waals surface area (Å²) in [5.41, 5.74) is 2.56. The normalized spacial score (nSPS) is 10.9. The van der Waals surface area contributed by atoms with Crippen LogP contribution in [0, 0.1) is 18.8 Å². The number of aryl methyl sites for hydroxylation is 1. The van der Waals surface area contributed by atoms with Gasteiger partial charge in [-0.2, -0.15) is 0 Å². The van der Waals surface area contributed by atoms with Crippen LogP contribution in [-0.4, -0.2) is 23.1 Å². The zero-order valence-corrected chi connectivity index (χ0v) is 14.3. The van der Waals surface area contributed by atoms with E-state index in [0.717, 1.165) is 24.7 Å². The smallest absolute Gasteiger partial charge is 0.169 e. The van der Waals surface area contributed by atoms with Gasteiger partial charge in [-0.15, -0.1) is 0 Å². The van der Waals surface area contributed by atoms with E-state index in [0.29, 0.717) is 11.8 Å². The molecule has 0 saturated carbocycles. The van der Waals surface area contributed by atoms with E-state index in [1.165, 1.54) is 11.1 Å². The van der Waals surface area contributed by atoms with E-state index in [1.54, 1.807) is 0 Å². The van der Waals surface area contributed by atoms with Crippen LogP contribution in [-0.2, 0) is 6.54 Å². The SMILES string of the molecule is Cc1ccc(CNC(=S)N(CC(C)C)CC(C)C)cc1. The van der Waals surface area contributed by atoms with Crippen molar-refractivity contribution in [1.82, 2.24) is 10.2 Å². The van der Waals surface area contributed by atoms with Crippen molar-refractivity contribution in [1.29, 1.82) is 0 Å². The van der Waals surface area contributed by atoms with Crippen molar-refractivity contribution in [2.45, 2.75) is 41.2 Å². The lowest BCUT2D eigenvalue weighted by atomic mass is 10.1. The fraction of sp³-hybridized carbons (Fsp3) is 0.588. The highest BCUT2D eigenvalue weighted by Gasteiger charge is 2.12. The van der Waals surface area contributed by atoms with Crippen molar-refractivity contribution in [3.8, 4) is 0 Å². The molecule has 2 nitrogen and oxygen atoms in total. The molecule has 1 N–H and O–H groups in total. The summed E-state index contributed by atoms with van der Waals surface area (Å²) in [6.45, 7) is 13.9. The number of nitrogens with zero attached hydrogens (tertiary/aromatic N) is 1. The van der Waals surface area contributed by atoms with Gasteiger partial charge in [-0.05, 0) is 36.5 Å². The minimum atomic E-state index is 0.618. The first kappa shape index (κ1) is 17.0. The summed E-state index contributed by atoms with van der Waals surface area (Å²) in [7, 11) is 0. The van der Waals surface area contributed by atoms with Gasteiger partial charge in [0.2, 0.25) is 0 Å². The summed E-state index contributed by atoms with van der Waals surface area (Å²) < 4.78 is 0. The van der Waals surface area contributed by atoms with Crippen LogP contribution in [0.15, 0.2) is 24.3 Å². The Balaban J connectivity index is 2.54. The highest BCUT2D eigenvalue weighted by Crippen LogP contribution is 2.06. The maximum absolute atomic E-state index is 5.55. The standard InChI is InChI=1S/C17H28N2S/c1-13(2)11-19(12-14(3)4)17(20)18-10-16-8-6-15(5)7-9-16/h6-9,13-14H,10-12H2,1-5H3,(H,18,20). The first-order valence-electron chi connectivity index (χ1n) is 7.46. The topological polar surface area (TPSA) is 15.3 Å². The molecule has 0 aromatic heterocycles. The van der Waals surface area contributed by atoms with E-state index >= 15 is 0 Å². The Labute approximate surface area is 129 Å². The van der Waals surface area contributed by atoms with Crippen LogP contribution in [0.4, 0.5) is 0 Å². The zero-order chi connectivity index (χ0) is 15.1. The molecular formula is C17H28N2S. The van der Waals surface area contributed by atoms with Gasteiger partial charge < -0.3 is 10.2 Å². The lowest BCUT2D eigenvalue weighted by Crippen LogP contribution is -2.43. The fourth-order valence-corrected chi connectivity index (χ4v) is 2.34. The van der Waals surface area contributed by atoms with Crippen LogP contribution in [0.1, 0.15) is 38.8 Å². The monoisotopic (exact) mass is 292 g/mol. The molecule has 0 aliphatic carbocycles. The molecular weight excluding hydrogens is 264 g/mol. The van der Waals surface area contributed by atoms with E-state index in [4.69, 9.17) is 12.2 Å². The maximum atomic E-state index is 5.55. The molecule has 0 heterocycles. The summed E-state index contributed by atoms with van der Waals surface area (Å²) in [6, 6.07) is 8.58. The second kappa shape index (κ2) is 8.25. The van der Waals surface area contributed by atoms with Crippen molar-refractivity contribution in [2.24, 2.45) is 11.8 Å². The molecule has 0 fully saturated rings. The van der Waals surface area contributed by atoms with Gasteiger partial charge >= 0.3 is 0 Å². The van der Waals surface area contributed by atoms with E-state index in [9.17, 15) is 0 Å². The lowest BCUT2D eigenvalue weighted by molar-refractivity contribution is 0.324. The number of nitrogens with one attached hydrogen (secondary N) is 1. The molecule has 0 bridgehead atoms. The summed E-state index contributed by atoms with van der Waals surface area (Å²) in [6.07, 6.45) is 0. The van der Waals surface area contributed by atoms with Crippen LogP contribution in [0.5, 0.6) is 0 Å². The Kier molecular flexibility index (Phi) is 7.00. The van der Waals surface area contributed by atoms with E-state index in [1.807, 2.05) is 0 Å². The van der Waals surface area contributed by atoms with Crippen LogP contribution in [0.25, 0.3) is 0 Å². The Morgan fingerprint density at radius 2 is 1.55 bits per heavy atom. The number of hydrogen-bond donors (Lipinski definition) is 1. The van der Waals surface area contributed by atoms with Gasteiger partial charge in [0, 0.05) is 19.6 Å². The predicted molar refractivity (Wildman–Crippen MR) is 91.9 cm³/mol. The van der Waals surface area contributed by atoms with Crippen LogP contribution in [0.2, 0.25) is 0 Å². The van der Waals surface area contributed by atoms with E-state index in [2.05, 4.69) is 69.1 Å². The molecule has 20 heavy (non-hydrogen) atoms. The molecule has 0 aliphatic heterocycles. The van der Waals surface area contributed by atoms with Gasteiger partial charge in [0.25, 0.3) is 0 Å². The average molecular weight is 292 g/mol. The molecule has 1 aromatic rings. The van der Waals surface area contributed by atoms with Crippen LogP contribution < -0.4 is 5.32 Å². The third-order valence-electron chi connectivity index (χ3n) is 3.02. The Morgan fingerprint density at radius 3 is 2.00 bits per heavy atom. The number of hydrogen-bond acceptors (Lipinski definition) is 1. The molecule has 3 heteroatoms. The first-order valence-corrected chi connectivity index (χ1v) is 7.87. The molecule has 0 amide bonds. The number of benzene rings is 1. The van der Waals surface area contributed by atoms with Crippen LogP contribution >= 0.6 is 12.2 Å². The number of thiocarbonyl (C=S) groups is 1. The van der Waals surface area contributed by atoms with Gasteiger partial charge in [0.05, 0.1) is 0 Å². The predicted octanol–water partition coefficient (Wildman–Crippen LogP) is 3.98. The van der Waals surface area contributed by atoms with E-state index in [-0.39, 0.29) is 0 Å². The summed E-state index contributed by atoms with van der Waals surface area (Å²) in [5, 5.41) is 4.26. The van der Waals surface area contributed by atoms with Crippen molar-refractivity contribution in [3.63, 3.8) is 0 Å². The Morgan fingerprint density at radius 1 is 1.05 bits per heavy atom. The van der Waals surface area contributed by atoms with Gasteiger partial charge in [0.1, 0.15) is 0 Å². The highest BCUT2D eigenvalue weighted by molar-refractivity contribution is 7.80. The largest absolute Gasteiger partial charge is 0.358 e. The first-order chi connectivity index (χ1) is 9.38. The fourth-order valence-electron chi connectivity index (χ4n) is 2.12. The van der Waals surface area contributed by atoms with Gasteiger partial charge in [-0.1, -0.05) is 57.5 Å². The molecule has 0 spiro atoms. The molecule has 0 atom stereocenters. The van der Waals surface area contributed by atoms with Crippen LogP contribution in [0.3, 0.4) is 0 Å². The quantitative estimate of drug-likeness (QED) is 0.798. The van der Waals surface area contributed by atoms with Crippen molar-refractivity contribution >= 4 is 17.3 Å². The molecule has 112 valence electrons. The maximum Gasteiger partial charge on any atom is 0.169 e. The Bertz CT molecular complexity index is 400. The summed E-state index contributed by atoms with van der Waals surface area (Å²) in [4.78, 5) is 2.29. The highest BCUT2D eigenvalue weighted by atomic mass is 32.1. The average Bonchev–Trinajstić information content (AvgIpc) is 2.36. The van der Waals surface area contributed by atoms with E-state index < -0.39 is 0 Å². The van der Waals surface area contributed by atoms with Crippen molar-refractivity contribution < 1.29 is 0 Å².